The van der Waals surface area contributed by atoms with Crippen molar-refractivity contribution in [2.75, 3.05) is 6.61 Å². The van der Waals surface area contributed by atoms with Crippen molar-refractivity contribution in [3.8, 4) is 0 Å². The quantitative estimate of drug-likeness (QED) is 0.508. The lowest BCUT2D eigenvalue weighted by molar-refractivity contribution is -0.171. The summed E-state index contributed by atoms with van der Waals surface area (Å²) in [5.41, 5.74) is -0.203. The maximum Gasteiger partial charge on any atom is 0.333 e. The second-order valence-corrected chi connectivity index (χ2v) is 3.36. The van der Waals surface area contributed by atoms with Crippen molar-refractivity contribution in [2.45, 2.75) is 31.8 Å². The van der Waals surface area contributed by atoms with E-state index in [9.17, 15) is 4.79 Å². The molecule has 0 aromatic heterocycles. The van der Waals surface area contributed by atoms with Crippen molar-refractivity contribution >= 4 is 5.97 Å². The van der Waals surface area contributed by atoms with Crippen LogP contribution in [0.15, 0.2) is 12.2 Å². The van der Waals surface area contributed by atoms with Crippen LogP contribution in [0.4, 0.5) is 0 Å². The van der Waals surface area contributed by atoms with Crippen molar-refractivity contribution in [3.63, 3.8) is 0 Å². The van der Waals surface area contributed by atoms with Gasteiger partial charge in [-0.25, -0.2) is 4.79 Å². The van der Waals surface area contributed by atoms with E-state index in [1.165, 1.54) is 0 Å². The number of rotatable bonds is 3. The first-order chi connectivity index (χ1) is 5.59. The molecular weight excluding hydrogens is 156 g/mol. The van der Waals surface area contributed by atoms with Crippen LogP contribution in [0.25, 0.3) is 0 Å². The Balaban J connectivity index is 2.48. The Morgan fingerprint density at radius 1 is 1.67 bits per heavy atom. The summed E-state index contributed by atoms with van der Waals surface area (Å²) in [4.78, 5) is 11.1. The van der Waals surface area contributed by atoms with Crippen LogP contribution in [0, 0.1) is 0 Å². The number of ether oxygens (including phenoxy) is 1. The fraction of sp³-hybridized carbons (Fsp3) is 0.667. The summed E-state index contributed by atoms with van der Waals surface area (Å²) in [5, 5.41) is 8.96. The molecule has 0 aromatic carbocycles. The smallest absolute Gasteiger partial charge is 0.333 e. The van der Waals surface area contributed by atoms with Gasteiger partial charge in [0.05, 0.1) is 6.61 Å². The Hall–Kier alpha value is -0.830. The predicted molar refractivity (Wildman–Crippen MR) is 44.6 cm³/mol. The molecule has 0 aliphatic heterocycles. The average Bonchev–Trinajstić information content (AvgIpc) is 1.96. The maximum absolute atomic E-state index is 11.1. The van der Waals surface area contributed by atoms with Crippen molar-refractivity contribution in [1.82, 2.24) is 0 Å². The van der Waals surface area contributed by atoms with Gasteiger partial charge < -0.3 is 9.84 Å². The highest BCUT2D eigenvalue weighted by Gasteiger charge is 2.40. The second-order valence-electron chi connectivity index (χ2n) is 3.36. The van der Waals surface area contributed by atoms with Crippen LogP contribution >= 0.6 is 0 Å². The highest BCUT2D eigenvalue weighted by atomic mass is 16.6. The van der Waals surface area contributed by atoms with E-state index < -0.39 is 11.6 Å². The van der Waals surface area contributed by atoms with E-state index in [1.54, 1.807) is 6.92 Å². The molecular formula is C9H14O3. The normalized spacial score (nSPS) is 19.5. The molecule has 0 amide bonds. The number of aliphatic hydroxyl groups excluding tert-OH is 1. The zero-order chi connectivity index (χ0) is 9.19. The average molecular weight is 170 g/mol. The molecule has 1 N–H and O–H groups in total. The van der Waals surface area contributed by atoms with E-state index in [1.807, 2.05) is 0 Å². The zero-order valence-corrected chi connectivity index (χ0v) is 7.30. The molecule has 3 heteroatoms. The summed E-state index contributed by atoms with van der Waals surface area (Å²) < 4.78 is 5.10. The van der Waals surface area contributed by atoms with Gasteiger partial charge in [0.1, 0.15) is 5.60 Å². The van der Waals surface area contributed by atoms with Crippen LogP contribution in [-0.4, -0.2) is 23.3 Å². The lowest BCUT2D eigenvalue weighted by atomic mass is 9.81. The molecule has 1 fully saturated rings. The molecule has 0 radical (unpaired) electrons. The number of aliphatic hydroxyl groups is 1. The number of carbonyl (C=O) groups is 1. The molecule has 1 rings (SSSR count). The van der Waals surface area contributed by atoms with E-state index in [0.717, 1.165) is 19.3 Å². The van der Waals surface area contributed by atoms with Gasteiger partial charge in [-0.15, -0.1) is 0 Å². The van der Waals surface area contributed by atoms with Crippen LogP contribution in [0.5, 0.6) is 0 Å². The van der Waals surface area contributed by atoms with Gasteiger partial charge in [0.25, 0.3) is 0 Å². The van der Waals surface area contributed by atoms with Gasteiger partial charge in [-0.2, -0.15) is 0 Å². The van der Waals surface area contributed by atoms with Crippen LogP contribution in [0.2, 0.25) is 0 Å². The lowest BCUT2D eigenvalue weighted by Crippen LogP contribution is -2.45. The zero-order valence-electron chi connectivity index (χ0n) is 7.30. The van der Waals surface area contributed by atoms with Gasteiger partial charge >= 0.3 is 5.97 Å². The molecule has 0 unspecified atom stereocenters. The van der Waals surface area contributed by atoms with Gasteiger partial charge in [0.2, 0.25) is 0 Å². The first kappa shape index (κ1) is 9.26. The molecule has 0 heterocycles. The minimum atomic E-state index is -0.587. The van der Waals surface area contributed by atoms with Gasteiger partial charge in [0, 0.05) is 5.57 Å². The molecule has 0 saturated heterocycles. The van der Waals surface area contributed by atoms with E-state index in [4.69, 9.17) is 9.84 Å². The third-order valence-corrected chi connectivity index (χ3v) is 2.21. The second kappa shape index (κ2) is 3.27. The summed E-state index contributed by atoms with van der Waals surface area (Å²) in [7, 11) is 0. The van der Waals surface area contributed by atoms with Crippen LogP contribution in [0.3, 0.4) is 0 Å². The lowest BCUT2D eigenvalue weighted by Gasteiger charge is -2.39. The van der Waals surface area contributed by atoms with Gasteiger partial charge in [-0.05, 0) is 26.2 Å². The Morgan fingerprint density at radius 2 is 2.25 bits per heavy atom. The van der Waals surface area contributed by atoms with Crippen LogP contribution in [-0.2, 0) is 9.53 Å². The molecule has 0 atom stereocenters. The van der Waals surface area contributed by atoms with Crippen LogP contribution < -0.4 is 0 Å². The molecule has 1 aliphatic carbocycles. The number of carbonyl (C=O) groups excluding carboxylic acids is 1. The minimum absolute atomic E-state index is 0.0774. The van der Waals surface area contributed by atoms with Gasteiger partial charge in [-0.3, -0.25) is 0 Å². The molecule has 0 bridgehead atoms. The van der Waals surface area contributed by atoms with Crippen molar-refractivity contribution < 1.29 is 14.6 Å². The highest BCUT2D eigenvalue weighted by molar-refractivity contribution is 5.87. The Bertz CT molecular complexity index is 198. The largest absolute Gasteiger partial charge is 0.453 e. The van der Waals surface area contributed by atoms with E-state index >= 15 is 0 Å². The van der Waals surface area contributed by atoms with Gasteiger partial charge in [-0.1, -0.05) is 6.58 Å². The molecule has 0 spiro atoms. The third-order valence-electron chi connectivity index (χ3n) is 2.21. The first-order valence-corrected chi connectivity index (χ1v) is 4.09. The van der Waals surface area contributed by atoms with E-state index in [2.05, 4.69) is 6.58 Å². The van der Waals surface area contributed by atoms with Crippen molar-refractivity contribution in [2.24, 2.45) is 0 Å². The van der Waals surface area contributed by atoms with Crippen molar-refractivity contribution in [3.05, 3.63) is 12.2 Å². The molecule has 1 aliphatic rings. The molecule has 1 saturated carbocycles. The predicted octanol–water partition coefficient (Wildman–Crippen LogP) is 1.02. The highest BCUT2D eigenvalue weighted by Crippen LogP contribution is 2.35. The summed E-state index contributed by atoms with van der Waals surface area (Å²) in [5.74, 6) is -0.399. The Morgan fingerprint density at radius 3 is 2.50 bits per heavy atom. The standard InChI is InChI=1S/C9H14O3/c1-7(2)8(11)12-9(6-10)4-3-5-9/h10H,1,3-6H2,2H3. The third kappa shape index (κ3) is 1.67. The fourth-order valence-corrected chi connectivity index (χ4v) is 1.15. The number of hydrogen-bond donors (Lipinski definition) is 1. The minimum Gasteiger partial charge on any atom is -0.453 e. The summed E-state index contributed by atoms with van der Waals surface area (Å²) in [6.45, 7) is 5.00. The summed E-state index contributed by atoms with van der Waals surface area (Å²) >= 11 is 0. The monoisotopic (exact) mass is 170 g/mol. The SMILES string of the molecule is C=C(C)C(=O)OC1(CO)CCC1. The summed E-state index contributed by atoms with van der Waals surface area (Å²) in [6, 6.07) is 0. The van der Waals surface area contributed by atoms with E-state index in [-0.39, 0.29) is 6.61 Å². The fourth-order valence-electron chi connectivity index (χ4n) is 1.15. The molecule has 12 heavy (non-hydrogen) atoms. The maximum atomic E-state index is 11.1. The Labute approximate surface area is 72.0 Å². The van der Waals surface area contributed by atoms with E-state index in [0.29, 0.717) is 5.57 Å². The first-order valence-electron chi connectivity index (χ1n) is 4.09. The molecule has 0 aromatic rings. The number of hydrogen-bond acceptors (Lipinski definition) is 3. The summed E-state index contributed by atoms with van der Waals surface area (Å²) in [6.07, 6.45) is 2.55. The topological polar surface area (TPSA) is 46.5 Å². The molecule has 68 valence electrons. The molecule has 3 nitrogen and oxygen atoms in total. The van der Waals surface area contributed by atoms with Crippen LogP contribution in [0.1, 0.15) is 26.2 Å². The Kier molecular flexibility index (Phi) is 2.52. The van der Waals surface area contributed by atoms with Gasteiger partial charge in [0.15, 0.2) is 0 Å². The van der Waals surface area contributed by atoms with Crippen molar-refractivity contribution in [1.29, 1.82) is 0 Å². The number of esters is 1.